The lowest BCUT2D eigenvalue weighted by atomic mass is 9.94. The summed E-state index contributed by atoms with van der Waals surface area (Å²) in [6, 6.07) is 70.1. The van der Waals surface area contributed by atoms with Gasteiger partial charge in [0.25, 0.3) is 0 Å². The first-order valence-corrected chi connectivity index (χ1v) is 20.6. The third-order valence-electron chi connectivity index (χ3n) is 12.7. The summed E-state index contributed by atoms with van der Waals surface area (Å²) < 4.78 is 13.5. The maximum absolute atomic E-state index is 10.5. The van der Waals surface area contributed by atoms with Gasteiger partial charge in [0.05, 0.1) is 56.4 Å². The fourth-order valence-corrected chi connectivity index (χ4v) is 10.1. The van der Waals surface area contributed by atoms with Crippen LogP contribution in [-0.4, -0.2) is 13.7 Å². The van der Waals surface area contributed by atoms with E-state index in [1.54, 1.807) is 18.2 Å². The Balaban J connectivity index is 1.18. The average Bonchev–Trinajstić information content (AvgIpc) is 4.06. The molecule has 62 heavy (non-hydrogen) atoms. The molecule has 0 amide bonds. The van der Waals surface area contributed by atoms with E-state index in [4.69, 9.17) is 4.42 Å². The molecule has 0 aliphatic rings. The van der Waals surface area contributed by atoms with Crippen LogP contribution in [0.25, 0.3) is 116 Å². The molecule has 6 heteroatoms. The van der Waals surface area contributed by atoms with Crippen LogP contribution >= 0.6 is 0 Å². The molecule has 286 valence electrons. The molecule has 0 radical (unpaired) electrons. The largest absolute Gasteiger partial charge is 0.456 e. The van der Waals surface area contributed by atoms with Crippen LogP contribution < -0.4 is 0 Å². The van der Waals surface area contributed by atoms with E-state index >= 15 is 0 Å². The highest BCUT2D eigenvalue weighted by atomic mass is 16.3. The van der Waals surface area contributed by atoms with Gasteiger partial charge in [-0.25, -0.2) is 0 Å². The highest BCUT2D eigenvalue weighted by Crippen LogP contribution is 2.44. The van der Waals surface area contributed by atoms with Crippen LogP contribution in [0.5, 0.6) is 0 Å². The average molecular weight is 790 g/mol. The van der Waals surface area contributed by atoms with Crippen molar-refractivity contribution in [3.05, 3.63) is 199 Å². The lowest BCUT2D eigenvalue weighted by molar-refractivity contribution is 0.669. The highest BCUT2D eigenvalue weighted by molar-refractivity contribution is 6.26. The first kappa shape index (κ1) is 34.1. The van der Waals surface area contributed by atoms with Crippen LogP contribution in [0.1, 0.15) is 11.1 Å². The predicted octanol–water partition coefficient (Wildman–Crippen LogP) is 14.3. The van der Waals surface area contributed by atoms with E-state index in [2.05, 4.69) is 177 Å². The Morgan fingerprint density at radius 1 is 0.355 bits per heavy atom. The van der Waals surface area contributed by atoms with E-state index in [0.717, 1.165) is 99.2 Å². The van der Waals surface area contributed by atoms with Gasteiger partial charge in [-0.2, -0.15) is 10.5 Å². The zero-order chi connectivity index (χ0) is 41.1. The van der Waals surface area contributed by atoms with Gasteiger partial charge in [-0.1, -0.05) is 103 Å². The minimum absolute atomic E-state index is 0.440. The van der Waals surface area contributed by atoms with Gasteiger partial charge in [0.15, 0.2) is 0 Å². The maximum Gasteiger partial charge on any atom is 0.137 e. The van der Waals surface area contributed by atoms with Gasteiger partial charge in [0.1, 0.15) is 11.2 Å². The second-order valence-corrected chi connectivity index (χ2v) is 15.9. The molecule has 0 atom stereocenters. The van der Waals surface area contributed by atoms with E-state index in [1.807, 2.05) is 18.2 Å². The zero-order valence-corrected chi connectivity index (χ0v) is 33.0. The Morgan fingerprint density at radius 3 is 1.65 bits per heavy atom. The van der Waals surface area contributed by atoms with Crippen molar-refractivity contribution in [3.8, 4) is 40.3 Å². The van der Waals surface area contributed by atoms with Gasteiger partial charge in [-0.3, -0.25) is 0 Å². The summed E-state index contributed by atoms with van der Waals surface area (Å²) in [6.07, 6.45) is 0. The van der Waals surface area contributed by atoms with E-state index in [-0.39, 0.29) is 0 Å². The molecule has 4 heterocycles. The van der Waals surface area contributed by atoms with Crippen LogP contribution in [0.15, 0.2) is 192 Å². The van der Waals surface area contributed by atoms with Crippen molar-refractivity contribution < 1.29 is 4.42 Å². The third kappa shape index (κ3) is 4.66. The molecular weight excluding hydrogens is 759 g/mol. The maximum atomic E-state index is 10.5. The molecule has 6 nitrogen and oxygen atoms in total. The van der Waals surface area contributed by atoms with E-state index < -0.39 is 0 Å². The van der Waals surface area contributed by atoms with Gasteiger partial charge in [0, 0.05) is 71.8 Å². The second-order valence-electron chi connectivity index (χ2n) is 15.9. The molecule has 0 aliphatic heterocycles. The number of para-hydroxylation sites is 5. The summed E-state index contributed by atoms with van der Waals surface area (Å²) in [6.45, 7) is 0. The molecule has 4 aromatic heterocycles. The number of nitriles is 2. The summed E-state index contributed by atoms with van der Waals surface area (Å²) in [5, 5.41) is 30.1. The standard InChI is InChI=1S/C56H31N5O/c57-32-34-13-12-14-35(33-58)54(34)36-27-38(29-39(28-36)60-47-21-8-5-18-41(47)45-30-46-42-19-7-11-24-52(42)62-53(46)31-51(45)60)59-49-23-10-6-20-44(49)55-50(59)26-25-43-40-17-4-9-22-48(40)61(56(43)55)37-15-2-1-3-16-37/h1-31H. The van der Waals surface area contributed by atoms with E-state index in [1.165, 1.54) is 10.8 Å². The highest BCUT2D eigenvalue weighted by Gasteiger charge is 2.24. The van der Waals surface area contributed by atoms with E-state index in [0.29, 0.717) is 16.7 Å². The lowest BCUT2D eigenvalue weighted by Gasteiger charge is -2.17. The van der Waals surface area contributed by atoms with Gasteiger partial charge in [-0.05, 0) is 84.4 Å². The number of aromatic nitrogens is 3. The first-order valence-electron chi connectivity index (χ1n) is 20.6. The second kappa shape index (κ2) is 12.8. The molecule has 0 N–H and O–H groups in total. The van der Waals surface area contributed by atoms with Crippen LogP contribution in [0.4, 0.5) is 0 Å². The number of rotatable bonds is 4. The molecule has 9 aromatic carbocycles. The van der Waals surface area contributed by atoms with Crippen molar-refractivity contribution in [3.63, 3.8) is 0 Å². The Hall–Kier alpha value is -8.84. The molecule has 13 rings (SSSR count). The van der Waals surface area contributed by atoms with Gasteiger partial charge in [0.2, 0.25) is 0 Å². The number of furan rings is 1. The fraction of sp³-hybridized carbons (Fsp3) is 0. The summed E-state index contributed by atoms with van der Waals surface area (Å²) in [7, 11) is 0. The van der Waals surface area contributed by atoms with Crippen LogP contribution in [-0.2, 0) is 0 Å². The SMILES string of the molecule is N#Cc1cccc(C#N)c1-c1cc(-n2c3ccccc3c3cc4c(cc32)oc2ccccc24)cc(-n2c3ccccc3c3c2ccc2c4ccccc4n(-c4ccccc4)c23)c1. The molecule has 0 aliphatic carbocycles. The first-order chi connectivity index (χ1) is 30.7. The lowest BCUT2D eigenvalue weighted by Crippen LogP contribution is -2.01. The van der Waals surface area contributed by atoms with Gasteiger partial charge in [-0.15, -0.1) is 0 Å². The van der Waals surface area contributed by atoms with Crippen LogP contribution in [0.3, 0.4) is 0 Å². The normalized spacial score (nSPS) is 11.8. The molecule has 13 aromatic rings. The van der Waals surface area contributed by atoms with Crippen molar-refractivity contribution in [2.45, 2.75) is 0 Å². The Kier molecular flexibility index (Phi) is 7.05. The van der Waals surface area contributed by atoms with Gasteiger partial charge >= 0.3 is 0 Å². The Bertz CT molecular complexity index is 4090. The molecule has 0 fully saturated rings. The number of nitrogens with zero attached hydrogens (tertiary/aromatic N) is 5. The predicted molar refractivity (Wildman–Crippen MR) is 252 cm³/mol. The number of fused-ring (bicyclic) bond motifs is 13. The van der Waals surface area contributed by atoms with Crippen molar-refractivity contribution in [2.75, 3.05) is 0 Å². The Morgan fingerprint density at radius 2 is 0.935 bits per heavy atom. The number of benzene rings is 9. The molecule has 0 spiro atoms. The molecule has 0 bridgehead atoms. The van der Waals surface area contributed by atoms with Gasteiger partial charge < -0.3 is 18.1 Å². The topological polar surface area (TPSA) is 75.5 Å². The molecule has 0 saturated carbocycles. The summed E-state index contributed by atoms with van der Waals surface area (Å²) in [5.74, 6) is 0. The zero-order valence-electron chi connectivity index (χ0n) is 33.0. The molecular formula is C56H31N5O. The third-order valence-corrected chi connectivity index (χ3v) is 12.7. The molecule has 0 unspecified atom stereocenters. The van der Waals surface area contributed by atoms with Crippen molar-refractivity contribution in [1.82, 2.24) is 13.7 Å². The Labute approximate surface area is 354 Å². The monoisotopic (exact) mass is 789 g/mol. The van der Waals surface area contributed by atoms with Crippen molar-refractivity contribution in [1.29, 1.82) is 10.5 Å². The van der Waals surface area contributed by atoms with Crippen LogP contribution in [0.2, 0.25) is 0 Å². The van der Waals surface area contributed by atoms with Crippen molar-refractivity contribution in [2.24, 2.45) is 0 Å². The summed E-state index contributed by atoms with van der Waals surface area (Å²) in [5.41, 5.74) is 13.2. The minimum Gasteiger partial charge on any atom is -0.456 e. The smallest absolute Gasteiger partial charge is 0.137 e. The van der Waals surface area contributed by atoms with E-state index in [9.17, 15) is 10.5 Å². The fourth-order valence-electron chi connectivity index (χ4n) is 10.1. The minimum atomic E-state index is 0.440. The summed E-state index contributed by atoms with van der Waals surface area (Å²) >= 11 is 0. The van der Waals surface area contributed by atoms with Crippen LogP contribution in [0, 0.1) is 22.7 Å². The quantitative estimate of drug-likeness (QED) is 0.178. The van der Waals surface area contributed by atoms with Crippen molar-refractivity contribution >= 4 is 87.4 Å². The molecule has 0 saturated heterocycles. The number of hydrogen-bond donors (Lipinski definition) is 0. The number of hydrogen-bond acceptors (Lipinski definition) is 3. The summed E-state index contributed by atoms with van der Waals surface area (Å²) in [4.78, 5) is 0.